The predicted molar refractivity (Wildman–Crippen MR) is 114 cm³/mol. The van der Waals surface area contributed by atoms with Crippen LogP contribution in [0.2, 0.25) is 0 Å². The van der Waals surface area contributed by atoms with Crippen molar-refractivity contribution < 1.29 is 28.6 Å². The first kappa shape index (κ1) is 28.2. The minimum atomic E-state index is -0.275. The van der Waals surface area contributed by atoms with Gasteiger partial charge in [-0.05, 0) is 13.8 Å². The molecule has 0 aromatic carbocycles. The molecule has 0 spiro atoms. The Hall–Kier alpha value is -1.75. The van der Waals surface area contributed by atoms with Crippen LogP contribution in [-0.2, 0) is 28.6 Å². The minimum Gasteiger partial charge on any atom is -0.469 e. The van der Waals surface area contributed by atoms with Gasteiger partial charge in [0.1, 0.15) is 0 Å². The number of esters is 3. The van der Waals surface area contributed by atoms with Crippen LogP contribution in [0.4, 0.5) is 0 Å². The predicted octanol–water partition coefficient (Wildman–Crippen LogP) is -0.392. The van der Waals surface area contributed by atoms with Crippen LogP contribution >= 0.6 is 0 Å². The highest BCUT2D eigenvalue weighted by atomic mass is 16.5. The zero-order chi connectivity index (χ0) is 22.6. The first-order valence-electron chi connectivity index (χ1n) is 10.7. The normalized spacial score (nSPS) is 11.0. The fraction of sp³-hybridized carbons (Fsp3) is 0.850. The van der Waals surface area contributed by atoms with Gasteiger partial charge in [0.15, 0.2) is 0 Å². The van der Waals surface area contributed by atoms with Crippen molar-refractivity contribution in [3.63, 3.8) is 0 Å². The summed E-state index contributed by atoms with van der Waals surface area (Å²) in [5, 5.41) is 3.36. The van der Waals surface area contributed by atoms with Gasteiger partial charge in [-0.1, -0.05) is 0 Å². The number of methoxy groups -OCH3 is 1. The number of ether oxygens (including phenoxy) is 3. The third-order valence-electron chi connectivity index (χ3n) is 4.39. The van der Waals surface area contributed by atoms with E-state index in [1.165, 1.54) is 7.11 Å². The maximum Gasteiger partial charge on any atom is 0.307 e. The molecule has 0 saturated carbocycles. The molecule has 10 nitrogen and oxygen atoms in total. The molecule has 0 aromatic heterocycles. The molecule has 0 aliphatic rings. The summed E-state index contributed by atoms with van der Waals surface area (Å²) in [6, 6.07) is 0. The lowest BCUT2D eigenvalue weighted by atomic mass is 10.3. The van der Waals surface area contributed by atoms with E-state index in [2.05, 4.69) is 10.2 Å². The molecule has 0 aliphatic heterocycles. The van der Waals surface area contributed by atoms with Gasteiger partial charge < -0.3 is 35.1 Å². The van der Waals surface area contributed by atoms with Crippen LogP contribution in [-0.4, -0.2) is 107 Å². The van der Waals surface area contributed by atoms with E-state index in [-0.39, 0.29) is 30.7 Å². The van der Waals surface area contributed by atoms with Crippen LogP contribution in [0.25, 0.3) is 0 Å². The Labute approximate surface area is 180 Å². The molecule has 0 atom stereocenters. The van der Waals surface area contributed by atoms with Crippen LogP contribution in [0.15, 0.2) is 0 Å². The van der Waals surface area contributed by atoms with E-state index in [0.717, 1.165) is 13.1 Å². The van der Waals surface area contributed by atoms with Crippen molar-refractivity contribution in [1.29, 1.82) is 0 Å². The van der Waals surface area contributed by atoms with Gasteiger partial charge in [0.2, 0.25) is 0 Å². The van der Waals surface area contributed by atoms with E-state index in [9.17, 15) is 14.4 Å². The second-order valence-electron chi connectivity index (χ2n) is 6.66. The third-order valence-corrected chi connectivity index (χ3v) is 4.39. The molecule has 0 unspecified atom stereocenters. The number of carbonyl (C=O) groups excluding carboxylic acids is 3. The van der Waals surface area contributed by atoms with Crippen LogP contribution in [0.1, 0.15) is 33.1 Å². The van der Waals surface area contributed by atoms with Gasteiger partial charge in [-0.3, -0.25) is 14.4 Å². The summed E-state index contributed by atoms with van der Waals surface area (Å²) in [5.41, 5.74) is 5.65. The Morgan fingerprint density at radius 2 is 1.17 bits per heavy atom. The van der Waals surface area contributed by atoms with Crippen LogP contribution in [0, 0.1) is 0 Å². The molecule has 0 rings (SSSR count). The van der Waals surface area contributed by atoms with Gasteiger partial charge in [0.05, 0.1) is 39.6 Å². The average Bonchev–Trinajstić information content (AvgIpc) is 2.73. The molecule has 0 amide bonds. The Morgan fingerprint density at radius 1 is 0.733 bits per heavy atom. The largest absolute Gasteiger partial charge is 0.469 e. The SMILES string of the molecule is CCOC(=O)CCN(CCN)CCNCCN(CCC(=O)OC)CCC(=O)OCC. The number of hydrogen-bond acceptors (Lipinski definition) is 10. The number of nitrogens with two attached hydrogens (primary N) is 1. The molecule has 0 radical (unpaired) electrons. The molecular formula is C20H40N4O6. The minimum absolute atomic E-state index is 0.199. The fourth-order valence-corrected chi connectivity index (χ4v) is 2.77. The van der Waals surface area contributed by atoms with Gasteiger partial charge in [0.25, 0.3) is 0 Å². The van der Waals surface area contributed by atoms with Gasteiger partial charge in [0, 0.05) is 58.9 Å². The number of nitrogens with zero attached hydrogens (tertiary/aromatic N) is 2. The molecule has 3 N–H and O–H groups in total. The Bertz CT molecular complexity index is 478. The van der Waals surface area contributed by atoms with Crippen molar-refractivity contribution in [2.24, 2.45) is 5.73 Å². The van der Waals surface area contributed by atoms with Crippen molar-refractivity contribution in [3.05, 3.63) is 0 Å². The summed E-state index contributed by atoms with van der Waals surface area (Å²) in [5.74, 6) is -0.717. The Morgan fingerprint density at radius 3 is 1.57 bits per heavy atom. The van der Waals surface area contributed by atoms with Crippen LogP contribution in [0.3, 0.4) is 0 Å². The summed E-state index contributed by atoms with van der Waals surface area (Å²) >= 11 is 0. The van der Waals surface area contributed by atoms with E-state index in [4.69, 9.17) is 19.9 Å². The molecule has 0 aromatic rings. The van der Waals surface area contributed by atoms with Crippen LogP contribution in [0.5, 0.6) is 0 Å². The number of nitrogens with one attached hydrogen (secondary N) is 1. The monoisotopic (exact) mass is 432 g/mol. The Kier molecular flexibility index (Phi) is 18.1. The van der Waals surface area contributed by atoms with E-state index in [0.29, 0.717) is 65.4 Å². The number of rotatable bonds is 19. The number of carbonyl (C=O) groups is 3. The zero-order valence-corrected chi connectivity index (χ0v) is 18.8. The highest BCUT2D eigenvalue weighted by Crippen LogP contribution is 1.98. The third kappa shape index (κ3) is 16.1. The second kappa shape index (κ2) is 19.2. The van der Waals surface area contributed by atoms with E-state index in [1.807, 2.05) is 4.90 Å². The molecule has 0 saturated heterocycles. The number of hydrogen-bond donors (Lipinski definition) is 2. The van der Waals surface area contributed by atoms with Crippen molar-refractivity contribution in [1.82, 2.24) is 15.1 Å². The average molecular weight is 433 g/mol. The summed E-state index contributed by atoms with van der Waals surface area (Å²) in [6.07, 6.45) is 0.910. The lowest BCUT2D eigenvalue weighted by Gasteiger charge is -2.23. The van der Waals surface area contributed by atoms with Crippen molar-refractivity contribution >= 4 is 17.9 Å². The summed E-state index contributed by atoms with van der Waals surface area (Å²) in [7, 11) is 1.36. The molecule has 0 aliphatic carbocycles. The fourth-order valence-electron chi connectivity index (χ4n) is 2.77. The standard InChI is InChI=1S/C20H40N4O6/c1-4-29-19(26)7-13-23(12-6-18(25)28-3)16-10-22-11-17-24(15-9-21)14-8-20(27)30-5-2/h22H,4-17,21H2,1-3H3. The Balaban J connectivity index is 4.25. The van der Waals surface area contributed by atoms with E-state index in [1.54, 1.807) is 13.8 Å². The van der Waals surface area contributed by atoms with Gasteiger partial charge in [-0.2, -0.15) is 0 Å². The molecule has 0 bridgehead atoms. The quantitative estimate of drug-likeness (QED) is 0.158. The van der Waals surface area contributed by atoms with Gasteiger partial charge >= 0.3 is 17.9 Å². The maximum atomic E-state index is 11.6. The zero-order valence-electron chi connectivity index (χ0n) is 18.8. The second-order valence-corrected chi connectivity index (χ2v) is 6.66. The first-order chi connectivity index (χ1) is 14.5. The lowest BCUT2D eigenvalue weighted by Crippen LogP contribution is -2.40. The van der Waals surface area contributed by atoms with E-state index >= 15 is 0 Å². The highest BCUT2D eigenvalue weighted by Gasteiger charge is 2.12. The summed E-state index contributed by atoms with van der Waals surface area (Å²) in [6.45, 7) is 10.1. The maximum absolute atomic E-state index is 11.6. The smallest absolute Gasteiger partial charge is 0.307 e. The summed E-state index contributed by atoms with van der Waals surface area (Å²) < 4.78 is 14.6. The van der Waals surface area contributed by atoms with Gasteiger partial charge in [-0.15, -0.1) is 0 Å². The highest BCUT2D eigenvalue weighted by molar-refractivity contribution is 5.70. The van der Waals surface area contributed by atoms with Crippen molar-refractivity contribution in [2.75, 3.05) is 79.2 Å². The van der Waals surface area contributed by atoms with Crippen LogP contribution < -0.4 is 11.1 Å². The lowest BCUT2D eigenvalue weighted by molar-refractivity contribution is -0.144. The van der Waals surface area contributed by atoms with Crippen molar-refractivity contribution in [2.45, 2.75) is 33.1 Å². The molecule has 0 fully saturated rings. The topological polar surface area (TPSA) is 123 Å². The van der Waals surface area contributed by atoms with E-state index < -0.39 is 0 Å². The summed E-state index contributed by atoms with van der Waals surface area (Å²) in [4.78, 5) is 38.7. The molecule has 176 valence electrons. The molecule has 30 heavy (non-hydrogen) atoms. The van der Waals surface area contributed by atoms with Gasteiger partial charge in [-0.25, -0.2) is 0 Å². The molecule has 10 heteroatoms. The molecule has 0 heterocycles. The first-order valence-corrected chi connectivity index (χ1v) is 10.7. The van der Waals surface area contributed by atoms with Crippen molar-refractivity contribution in [3.8, 4) is 0 Å². The molecular weight excluding hydrogens is 392 g/mol.